The largest absolute Gasteiger partial charge is 0.341 e. The topological polar surface area (TPSA) is 29.0 Å². The van der Waals surface area contributed by atoms with Gasteiger partial charge in [0.25, 0.3) is 0 Å². The normalized spacial score (nSPS) is 16.6. The van der Waals surface area contributed by atoms with Gasteiger partial charge in [-0.25, -0.2) is 4.98 Å². The Morgan fingerprint density at radius 3 is 2.41 bits per heavy atom. The monoisotopic (exact) mass is 365 g/mol. The summed E-state index contributed by atoms with van der Waals surface area (Å²) in [6, 6.07) is 0. The molecule has 0 bridgehead atoms. The van der Waals surface area contributed by atoms with Gasteiger partial charge >= 0.3 is 0 Å². The average molecular weight is 366 g/mol. The van der Waals surface area contributed by atoms with Crippen LogP contribution in [0, 0.1) is 3.57 Å². The second-order valence-corrected chi connectivity index (χ2v) is 6.15. The van der Waals surface area contributed by atoms with Crippen LogP contribution in [-0.2, 0) is 0 Å². The molecule has 2 heterocycles. The Labute approximate surface area is 121 Å². The number of halogens is 2. The van der Waals surface area contributed by atoms with Crippen molar-refractivity contribution in [3.63, 3.8) is 0 Å². The van der Waals surface area contributed by atoms with Crippen molar-refractivity contribution in [2.24, 2.45) is 0 Å². The second kappa shape index (κ2) is 5.69. The summed E-state index contributed by atoms with van der Waals surface area (Å²) in [5.74, 6) is 1.18. The zero-order valence-electron chi connectivity index (χ0n) is 10.2. The van der Waals surface area contributed by atoms with E-state index in [-0.39, 0.29) is 0 Å². The molecule has 0 spiro atoms. The van der Waals surface area contributed by atoms with Crippen LogP contribution in [0.25, 0.3) is 0 Å². The number of nitrogens with zero attached hydrogens (tertiary/aromatic N) is 3. The van der Waals surface area contributed by atoms with Crippen molar-refractivity contribution in [2.45, 2.75) is 39.0 Å². The smallest absolute Gasteiger partial charge is 0.227 e. The number of piperidine rings is 1. The van der Waals surface area contributed by atoms with E-state index in [0.717, 1.165) is 28.3 Å². The van der Waals surface area contributed by atoms with Crippen molar-refractivity contribution in [1.29, 1.82) is 0 Å². The van der Waals surface area contributed by atoms with Crippen LogP contribution in [0.3, 0.4) is 0 Å². The molecule has 0 saturated carbocycles. The molecule has 0 atom stereocenters. The Morgan fingerprint density at radius 2 is 1.82 bits per heavy atom. The lowest BCUT2D eigenvalue weighted by atomic mass is 10.1. The number of hydrogen-bond donors (Lipinski definition) is 0. The van der Waals surface area contributed by atoms with Gasteiger partial charge < -0.3 is 4.90 Å². The van der Waals surface area contributed by atoms with Crippen LogP contribution >= 0.6 is 34.2 Å². The first kappa shape index (κ1) is 13.3. The van der Waals surface area contributed by atoms with E-state index < -0.39 is 0 Å². The summed E-state index contributed by atoms with van der Waals surface area (Å²) in [4.78, 5) is 11.3. The third-order valence-electron chi connectivity index (χ3n) is 3.01. The lowest BCUT2D eigenvalue weighted by Crippen LogP contribution is -2.31. The van der Waals surface area contributed by atoms with E-state index in [1.54, 1.807) is 0 Å². The van der Waals surface area contributed by atoms with Crippen molar-refractivity contribution < 1.29 is 0 Å². The average Bonchev–Trinajstić information content (AvgIpc) is 2.33. The maximum Gasteiger partial charge on any atom is 0.227 e. The third-order valence-corrected chi connectivity index (χ3v) is 4.67. The molecule has 1 aliphatic heterocycles. The predicted octanol–water partition coefficient (Wildman–Crippen LogP) is 3.85. The predicted molar refractivity (Wildman–Crippen MR) is 79.9 cm³/mol. The number of anilines is 1. The molecule has 0 aromatic carbocycles. The molecule has 1 fully saturated rings. The van der Waals surface area contributed by atoms with Crippen molar-refractivity contribution in [1.82, 2.24) is 9.97 Å². The lowest BCUT2D eigenvalue weighted by molar-refractivity contribution is 0.566. The van der Waals surface area contributed by atoms with Crippen LogP contribution in [0.5, 0.6) is 0 Å². The maximum absolute atomic E-state index is 6.20. The SMILES string of the molecule is CC(C)c1nc(N2CCCCC2)nc(Cl)c1I. The van der Waals surface area contributed by atoms with Crippen molar-refractivity contribution >= 4 is 40.1 Å². The van der Waals surface area contributed by atoms with Gasteiger partial charge in [-0.15, -0.1) is 0 Å². The van der Waals surface area contributed by atoms with Gasteiger partial charge in [-0.2, -0.15) is 4.98 Å². The van der Waals surface area contributed by atoms with Crippen LogP contribution in [-0.4, -0.2) is 23.1 Å². The van der Waals surface area contributed by atoms with E-state index in [1.165, 1.54) is 19.3 Å². The quantitative estimate of drug-likeness (QED) is 0.589. The van der Waals surface area contributed by atoms with E-state index in [4.69, 9.17) is 11.6 Å². The highest BCUT2D eigenvalue weighted by atomic mass is 127. The molecule has 0 radical (unpaired) electrons. The fraction of sp³-hybridized carbons (Fsp3) is 0.667. The second-order valence-electron chi connectivity index (χ2n) is 4.72. The number of aromatic nitrogens is 2. The highest BCUT2D eigenvalue weighted by Gasteiger charge is 2.18. The van der Waals surface area contributed by atoms with Gasteiger partial charge in [0, 0.05) is 13.1 Å². The fourth-order valence-electron chi connectivity index (χ4n) is 2.04. The summed E-state index contributed by atoms with van der Waals surface area (Å²) >= 11 is 8.43. The molecule has 1 saturated heterocycles. The van der Waals surface area contributed by atoms with Gasteiger partial charge in [-0.3, -0.25) is 0 Å². The molecule has 1 aliphatic rings. The summed E-state index contributed by atoms with van der Waals surface area (Å²) in [5.41, 5.74) is 1.06. The highest BCUT2D eigenvalue weighted by Crippen LogP contribution is 2.28. The molecule has 17 heavy (non-hydrogen) atoms. The summed E-state index contributed by atoms with van der Waals surface area (Å²) in [6.07, 6.45) is 3.76. The fourth-order valence-corrected chi connectivity index (χ4v) is 3.08. The highest BCUT2D eigenvalue weighted by molar-refractivity contribution is 14.1. The first-order valence-corrected chi connectivity index (χ1v) is 7.53. The molecule has 94 valence electrons. The molecule has 0 unspecified atom stereocenters. The molecule has 0 N–H and O–H groups in total. The summed E-state index contributed by atoms with van der Waals surface area (Å²) < 4.78 is 0.986. The molecule has 0 aliphatic carbocycles. The zero-order valence-corrected chi connectivity index (χ0v) is 13.1. The summed E-state index contributed by atoms with van der Waals surface area (Å²) in [6.45, 7) is 6.38. The molecular formula is C12H17ClIN3. The summed E-state index contributed by atoms with van der Waals surface area (Å²) in [7, 11) is 0. The molecule has 1 aromatic rings. The van der Waals surface area contributed by atoms with Gasteiger partial charge in [0.05, 0.1) is 9.26 Å². The molecule has 0 amide bonds. The van der Waals surface area contributed by atoms with Crippen LogP contribution < -0.4 is 4.90 Å². The van der Waals surface area contributed by atoms with E-state index in [0.29, 0.717) is 11.1 Å². The number of hydrogen-bond acceptors (Lipinski definition) is 3. The Balaban J connectivity index is 2.34. The molecule has 5 heteroatoms. The van der Waals surface area contributed by atoms with Gasteiger partial charge in [0.15, 0.2) is 0 Å². The van der Waals surface area contributed by atoms with Crippen LogP contribution in [0.1, 0.15) is 44.7 Å². The molecular weight excluding hydrogens is 349 g/mol. The van der Waals surface area contributed by atoms with Gasteiger partial charge in [-0.1, -0.05) is 25.4 Å². The van der Waals surface area contributed by atoms with Crippen LogP contribution in [0.15, 0.2) is 0 Å². The Kier molecular flexibility index (Phi) is 4.47. The van der Waals surface area contributed by atoms with Crippen LogP contribution in [0.4, 0.5) is 5.95 Å². The van der Waals surface area contributed by atoms with Gasteiger partial charge in [0.1, 0.15) is 5.15 Å². The van der Waals surface area contributed by atoms with E-state index in [9.17, 15) is 0 Å². The molecule has 2 rings (SSSR count). The summed E-state index contributed by atoms with van der Waals surface area (Å²) in [5, 5.41) is 0.588. The Bertz CT molecular complexity index is 403. The Hall–Kier alpha value is -0.100. The number of rotatable bonds is 2. The Morgan fingerprint density at radius 1 is 1.18 bits per heavy atom. The molecule has 1 aromatic heterocycles. The zero-order chi connectivity index (χ0) is 12.4. The van der Waals surface area contributed by atoms with Crippen molar-refractivity contribution in [3.05, 3.63) is 14.4 Å². The minimum Gasteiger partial charge on any atom is -0.341 e. The van der Waals surface area contributed by atoms with E-state index in [1.807, 2.05) is 0 Å². The van der Waals surface area contributed by atoms with E-state index in [2.05, 4.69) is 51.3 Å². The standard InChI is InChI=1S/C12H17ClIN3/c1-8(2)10-9(14)11(13)16-12(15-10)17-6-4-3-5-7-17/h8H,3-7H2,1-2H3. The maximum atomic E-state index is 6.20. The first-order valence-electron chi connectivity index (χ1n) is 6.07. The lowest BCUT2D eigenvalue weighted by Gasteiger charge is -2.27. The molecule has 3 nitrogen and oxygen atoms in total. The first-order chi connectivity index (χ1) is 8.09. The van der Waals surface area contributed by atoms with Gasteiger partial charge in [0.2, 0.25) is 5.95 Å². The van der Waals surface area contributed by atoms with Crippen molar-refractivity contribution in [2.75, 3.05) is 18.0 Å². The van der Waals surface area contributed by atoms with E-state index >= 15 is 0 Å². The third kappa shape index (κ3) is 3.02. The van der Waals surface area contributed by atoms with Crippen LogP contribution in [0.2, 0.25) is 5.15 Å². The van der Waals surface area contributed by atoms with Gasteiger partial charge in [-0.05, 0) is 47.8 Å². The minimum absolute atomic E-state index is 0.381. The minimum atomic E-state index is 0.381. The van der Waals surface area contributed by atoms with Crippen molar-refractivity contribution in [3.8, 4) is 0 Å².